The van der Waals surface area contributed by atoms with Crippen LogP contribution in [0.3, 0.4) is 0 Å². The first kappa shape index (κ1) is 11.6. The molecule has 1 aromatic rings. The predicted molar refractivity (Wildman–Crippen MR) is 61.8 cm³/mol. The van der Waals surface area contributed by atoms with Crippen LogP contribution in [0.1, 0.15) is 5.56 Å². The van der Waals surface area contributed by atoms with Gasteiger partial charge in [-0.15, -0.1) is 11.8 Å². The van der Waals surface area contributed by atoms with Gasteiger partial charge in [-0.05, 0) is 30.4 Å². The summed E-state index contributed by atoms with van der Waals surface area (Å²) in [4.78, 5) is 1.32. The maximum absolute atomic E-state index is 4.90. The van der Waals surface area contributed by atoms with E-state index in [9.17, 15) is 0 Å². The zero-order valence-electron chi connectivity index (χ0n) is 8.75. The van der Waals surface area contributed by atoms with E-state index in [1.54, 1.807) is 18.9 Å². The third kappa shape index (κ3) is 4.13. The topological polar surface area (TPSA) is 21.3 Å². The molecule has 0 heterocycles. The Morgan fingerprint density at radius 3 is 2.57 bits per heavy atom. The Bertz CT molecular complexity index is 248. The number of methoxy groups -OCH3 is 1. The van der Waals surface area contributed by atoms with Crippen LogP contribution in [-0.4, -0.2) is 26.6 Å². The van der Waals surface area contributed by atoms with E-state index in [-0.39, 0.29) is 0 Å². The smallest absolute Gasteiger partial charge is 0.0961 e. The molecule has 0 saturated carbocycles. The summed E-state index contributed by atoms with van der Waals surface area (Å²) in [6.07, 6.45) is 3.15. The van der Waals surface area contributed by atoms with Gasteiger partial charge in [-0.3, -0.25) is 5.32 Å². The Labute approximate surface area is 90.0 Å². The van der Waals surface area contributed by atoms with Gasteiger partial charge < -0.3 is 4.74 Å². The maximum atomic E-state index is 4.90. The Hall–Kier alpha value is -0.510. The van der Waals surface area contributed by atoms with Crippen molar-refractivity contribution in [3.05, 3.63) is 29.8 Å². The Morgan fingerprint density at radius 2 is 2.00 bits per heavy atom. The second-order valence-electron chi connectivity index (χ2n) is 3.03. The molecular formula is C11H17NOS. The minimum Gasteiger partial charge on any atom is -0.370 e. The highest BCUT2D eigenvalue weighted by molar-refractivity contribution is 7.98. The van der Waals surface area contributed by atoms with Crippen molar-refractivity contribution in [1.82, 2.24) is 5.32 Å². The molecule has 1 N–H and O–H groups in total. The first-order chi connectivity index (χ1) is 6.86. The lowest BCUT2D eigenvalue weighted by Crippen LogP contribution is -2.19. The van der Waals surface area contributed by atoms with Crippen molar-refractivity contribution in [3.8, 4) is 0 Å². The normalized spacial score (nSPS) is 10.4. The maximum Gasteiger partial charge on any atom is 0.0961 e. The van der Waals surface area contributed by atoms with Gasteiger partial charge >= 0.3 is 0 Å². The summed E-state index contributed by atoms with van der Waals surface area (Å²) in [5.74, 6) is 0. The Kier molecular flexibility index (Phi) is 5.68. The minimum atomic E-state index is 0.628. The quantitative estimate of drug-likeness (QED) is 0.442. The predicted octanol–water partition coefficient (Wildman–Crippen LogP) is 2.14. The molecule has 0 fully saturated rings. The number of benzene rings is 1. The molecule has 1 aromatic carbocycles. The molecule has 3 heteroatoms. The highest BCUT2D eigenvalue weighted by Crippen LogP contribution is 2.14. The third-order valence-electron chi connectivity index (χ3n) is 2.00. The number of nitrogens with one attached hydrogen (secondary N) is 1. The molecule has 0 amide bonds. The van der Waals surface area contributed by atoms with Gasteiger partial charge in [-0.25, -0.2) is 0 Å². The largest absolute Gasteiger partial charge is 0.370 e. The fourth-order valence-electron chi connectivity index (χ4n) is 1.20. The van der Waals surface area contributed by atoms with Crippen LogP contribution in [0.2, 0.25) is 0 Å². The van der Waals surface area contributed by atoms with E-state index in [0.717, 1.165) is 13.0 Å². The summed E-state index contributed by atoms with van der Waals surface area (Å²) < 4.78 is 4.90. The van der Waals surface area contributed by atoms with Crippen molar-refractivity contribution in [2.75, 3.05) is 26.6 Å². The van der Waals surface area contributed by atoms with Crippen molar-refractivity contribution < 1.29 is 4.74 Å². The molecular weight excluding hydrogens is 194 g/mol. The average Bonchev–Trinajstić information content (AvgIpc) is 2.25. The zero-order valence-corrected chi connectivity index (χ0v) is 9.56. The van der Waals surface area contributed by atoms with Gasteiger partial charge in [0, 0.05) is 18.6 Å². The summed E-state index contributed by atoms with van der Waals surface area (Å²) >= 11 is 1.77. The van der Waals surface area contributed by atoms with Crippen LogP contribution in [0.4, 0.5) is 0 Å². The standard InChI is InChI=1S/C11H17NOS/c1-13-9-12-8-7-10-3-5-11(14-2)6-4-10/h3-6,12H,7-9H2,1-2H3. The third-order valence-corrected chi connectivity index (χ3v) is 2.74. The molecule has 0 spiro atoms. The minimum absolute atomic E-state index is 0.628. The van der Waals surface area contributed by atoms with Crippen molar-refractivity contribution in [2.24, 2.45) is 0 Å². The fraction of sp³-hybridized carbons (Fsp3) is 0.455. The van der Waals surface area contributed by atoms with Crippen molar-refractivity contribution in [2.45, 2.75) is 11.3 Å². The summed E-state index contributed by atoms with van der Waals surface area (Å²) in [6.45, 7) is 1.59. The molecule has 78 valence electrons. The van der Waals surface area contributed by atoms with Crippen LogP contribution in [0.25, 0.3) is 0 Å². The van der Waals surface area contributed by atoms with Crippen molar-refractivity contribution in [3.63, 3.8) is 0 Å². The Morgan fingerprint density at radius 1 is 1.29 bits per heavy atom. The number of thioether (sulfide) groups is 1. The van der Waals surface area contributed by atoms with E-state index >= 15 is 0 Å². The van der Waals surface area contributed by atoms with Gasteiger partial charge in [0.25, 0.3) is 0 Å². The van der Waals surface area contributed by atoms with E-state index in [0.29, 0.717) is 6.73 Å². The lowest BCUT2D eigenvalue weighted by Gasteiger charge is -2.04. The Balaban J connectivity index is 2.29. The highest BCUT2D eigenvalue weighted by Gasteiger charge is 1.93. The monoisotopic (exact) mass is 211 g/mol. The second kappa shape index (κ2) is 6.87. The fourth-order valence-corrected chi connectivity index (χ4v) is 1.61. The van der Waals surface area contributed by atoms with Crippen LogP contribution in [0.15, 0.2) is 29.2 Å². The number of ether oxygens (including phenoxy) is 1. The molecule has 0 atom stereocenters. The number of hydrogen-bond acceptors (Lipinski definition) is 3. The van der Waals surface area contributed by atoms with Crippen molar-refractivity contribution >= 4 is 11.8 Å². The molecule has 0 bridgehead atoms. The number of rotatable bonds is 6. The van der Waals surface area contributed by atoms with Crippen LogP contribution in [0.5, 0.6) is 0 Å². The lowest BCUT2D eigenvalue weighted by atomic mass is 10.1. The van der Waals surface area contributed by atoms with Gasteiger partial charge in [-0.1, -0.05) is 12.1 Å². The van der Waals surface area contributed by atoms with E-state index in [4.69, 9.17) is 4.74 Å². The van der Waals surface area contributed by atoms with E-state index < -0.39 is 0 Å². The summed E-state index contributed by atoms with van der Waals surface area (Å²) in [5.41, 5.74) is 1.37. The molecule has 0 aliphatic carbocycles. The lowest BCUT2D eigenvalue weighted by molar-refractivity contribution is 0.176. The molecule has 0 unspecified atom stereocenters. The van der Waals surface area contributed by atoms with Crippen LogP contribution < -0.4 is 5.32 Å². The first-order valence-electron chi connectivity index (χ1n) is 4.69. The molecule has 0 aliphatic rings. The van der Waals surface area contributed by atoms with Gasteiger partial charge in [0.15, 0.2) is 0 Å². The second-order valence-corrected chi connectivity index (χ2v) is 3.91. The van der Waals surface area contributed by atoms with Gasteiger partial charge in [0.05, 0.1) is 6.73 Å². The van der Waals surface area contributed by atoms with Gasteiger partial charge in [0.2, 0.25) is 0 Å². The van der Waals surface area contributed by atoms with Gasteiger partial charge in [-0.2, -0.15) is 0 Å². The highest BCUT2D eigenvalue weighted by atomic mass is 32.2. The molecule has 0 radical (unpaired) electrons. The zero-order chi connectivity index (χ0) is 10.2. The van der Waals surface area contributed by atoms with Crippen LogP contribution in [0, 0.1) is 0 Å². The van der Waals surface area contributed by atoms with E-state index in [1.807, 2.05) is 0 Å². The molecule has 1 rings (SSSR count). The first-order valence-corrected chi connectivity index (χ1v) is 5.92. The number of hydrogen-bond donors (Lipinski definition) is 1. The molecule has 0 aromatic heterocycles. The van der Waals surface area contributed by atoms with Crippen LogP contribution in [-0.2, 0) is 11.2 Å². The SMILES string of the molecule is COCNCCc1ccc(SC)cc1. The molecule has 14 heavy (non-hydrogen) atoms. The molecule has 0 saturated heterocycles. The van der Waals surface area contributed by atoms with Crippen molar-refractivity contribution in [1.29, 1.82) is 0 Å². The summed E-state index contributed by atoms with van der Waals surface area (Å²) in [6, 6.07) is 8.69. The molecule has 0 aliphatic heterocycles. The van der Waals surface area contributed by atoms with E-state index in [1.165, 1.54) is 10.5 Å². The molecule has 2 nitrogen and oxygen atoms in total. The summed E-state index contributed by atoms with van der Waals surface area (Å²) in [5, 5.41) is 3.18. The van der Waals surface area contributed by atoms with E-state index in [2.05, 4.69) is 35.8 Å². The van der Waals surface area contributed by atoms with Gasteiger partial charge in [0.1, 0.15) is 0 Å². The van der Waals surface area contributed by atoms with Crippen LogP contribution >= 0.6 is 11.8 Å². The average molecular weight is 211 g/mol. The summed E-state index contributed by atoms with van der Waals surface area (Å²) in [7, 11) is 1.69.